The van der Waals surface area contributed by atoms with Gasteiger partial charge in [0.05, 0.1) is 40.8 Å². The van der Waals surface area contributed by atoms with E-state index in [9.17, 15) is 14.7 Å². The molecular weight excluding hydrogens is 406 g/mol. The minimum Gasteiger partial charge on any atom is -0.391 e. The highest BCUT2D eigenvalue weighted by molar-refractivity contribution is 6.05. The van der Waals surface area contributed by atoms with E-state index in [4.69, 9.17) is 0 Å². The van der Waals surface area contributed by atoms with Crippen molar-refractivity contribution in [2.45, 2.75) is 38.0 Å². The Bertz CT molecular complexity index is 1310. The van der Waals surface area contributed by atoms with Gasteiger partial charge in [0.1, 0.15) is 0 Å². The number of carbonyl (C=O) groups is 1. The molecule has 5 rings (SSSR count). The van der Waals surface area contributed by atoms with E-state index < -0.39 is 6.10 Å². The normalized spacial score (nSPS) is 18.2. The number of aliphatic hydroxyl groups excluding tert-OH is 1. The first-order valence-electron chi connectivity index (χ1n) is 10.7. The van der Waals surface area contributed by atoms with Gasteiger partial charge in [-0.3, -0.25) is 14.6 Å². The molecule has 4 aromatic rings. The van der Waals surface area contributed by atoms with Crippen LogP contribution < -0.4 is 10.9 Å². The molecule has 32 heavy (non-hydrogen) atoms. The number of carbonyl (C=O) groups excluding carboxylic acids is 1. The molecule has 0 radical (unpaired) electrons. The molecule has 3 aromatic heterocycles. The summed E-state index contributed by atoms with van der Waals surface area (Å²) in [5.41, 5.74) is 2.33. The zero-order valence-electron chi connectivity index (χ0n) is 17.4. The second-order valence-corrected chi connectivity index (χ2v) is 8.07. The summed E-state index contributed by atoms with van der Waals surface area (Å²) in [6, 6.07) is 12.7. The van der Waals surface area contributed by atoms with Gasteiger partial charge in [-0.1, -0.05) is 12.1 Å². The van der Waals surface area contributed by atoms with Crippen molar-refractivity contribution in [3.05, 3.63) is 88.7 Å². The van der Waals surface area contributed by atoms with Crippen molar-refractivity contribution in [2.75, 3.05) is 0 Å². The quantitative estimate of drug-likeness (QED) is 0.507. The molecule has 1 saturated carbocycles. The Hall–Kier alpha value is -3.78. The predicted octanol–water partition coefficient (Wildman–Crippen LogP) is 2.27. The van der Waals surface area contributed by atoms with Crippen LogP contribution in [0.1, 0.15) is 35.2 Å². The molecule has 1 aromatic carbocycles. The Morgan fingerprint density at radius 2 is 1.97 bits per heavy atom. The number of nitrogens with zero attached hydrogens (tertiary/aromatic N) is 4. The van der Waals surface area contributed by atoms with E-state index >= 15 is 0 Å². The molecule has 1 aliphatic rings. The van der Waals surface area contributed by atoms with Crippen LogP contribution >= 0.6 is 0 Å². The average molecular weight is 429 g/mol. The summed E-state index contributed by atoms with van der Waals surface area (Å²) in [6.07, 6.45) is 8.46. The fraction of sp³-hybridized carbons (Fsp3) is 0.250. The first-order chi connectivity index (χ1) is 15.6. The zero-order chi connectivity index (χ0) is 22.1. The molecule has 0 saturated heterocycles. The second-order valence-electron chi connectivity index (χ2n) is 8.07. The van der Waals surface area contributed by atoms with Gasteiger partial charge in [0.25, 0.3) is 11.5 Å². The second kappa shape index (κ2) is 8.39. The SMILES string of the molecule is O=C(N[C@H]1CCC[C@@H]1O)c1cn(Cc2ccc(-n3cccn3)cc2)c(=O)c2cccnc12. The zero-order valence-corrected chi connectivity index (χ0v) is 17.4. The van der Waals surface area contributed by atoms with Gasteiger partial charge in [-0.25, -0.2) is 4.68 Å². The fourth-order valence-corrected chi connectivity index (χ4v) is 4.23. The Labute approximate surface area is 184 Å². The van der Waals surface area contributed by atoms with E-state index in [2.05, 4.69) is 15.4 Å². The molecule has 1 amide bonds. The third-order valence-corrected chi connectivity index (χ3v) is 5.94. The molecule has 0 bridgehead atoms. The Balaban J connectivity index is 1.48. The molecule has 1 fully saturated rings. The summed E-state index contributed by atoms with van der Waals surface area (Å²) in [6.45, 7) is 0.315. The molecule has 2 N–H and O–H groups in total. The standard InChI is InChI=1S/C24H23N5O3/c30-21-6-1-5-20(21)27-23(31)19-15-28(24(32)18-4-2-11-25-22(18)19)14-16-7-9-17(10-8-16)29-13-3-12-26-29/h2-4,7-13,15,20-21,30H,1,5-6,14H2,(H,27,31)/t20-,21-/m0/s1. The van der Waals surface area contributed by atoms with Crippen LogP contribution in [0.25, 0.3) is 16.6 Å². The molecule has 8 nitrogen and oxygen atoms in total. The monoisotopic (exact) mass is 429 g/mol. The predicted molar refractivity (Wildman–Crippen MR) is 120 cm³/mol. The van der Waals surface area contributed by atoms with Gasteiger partial charge in [0.2, 0.25) is 0 Å². The lowest BCUT2D eigenvalue weighted by Gasteiger charge is -2.18. The summed E-state index contributed by atoms with van der Waals surface area (Å²) < 4.78 is 3.30. The molecule has 162 valence electrons. The highest BCUT2D eigenvalue weighted by Crippen LogP contribution is 2.20. The third-order valence-electron chi connectivity index (χ3n) is 5.94. The number of nitrogens with one attached hydrogen (secondary N) is 1. The minimum absolute atomic E-state index is 0.207. The van der Waals surface area contributed by atoms with Gasteiger partial charge < -0.3 is 15.0 Å². The maximum atomic E-state index is 13.1. The number of hydrogen-bond donors (Lipinski definition) is 2. The van der Waals surface area contributed by atoms with E-state index in [1.54, 1.807) is 35.4 Å². The Morgan fingerprint density at radius 3 is 2.69 bits per heavy atom. The average Bonchev–Trinajstić information content (AvgIpc) is 3.49. The number of hydrogen-bond acceptors (Lipinski definition) is 5. The van der Waals surface area contributed by atoms with E-state index in [1.807, 2.05) is 36.5 Å². The summed E-state index contributed by atoms with van der Waals surface area (Å²) in [4.78, 5) is 30.5. The van der Waals surface area contributed by atoms with Gasteiger partial charge in [-0.15, -0.1) is 0 Å². The van der Waals surface area contributed by atoms with Gasteiger partial charge in [-0.05, 0) is 55.2 Å². The van der Waals surface area contributed by atoms with Crippen molar-refractivity contribution in [1.29, 1.82) is 0 Å². The van der Waals surface area contributed by atoms with Gasteiger partial charge >= 0.3 is 0 Å². The Kier molecular flexibility index (Phi) is 5.28. The summed E-state index contributed by atoms with van der Waals surface area (Å²) in [5.74, 6) is -0.331. The first kappa shape index (κ1) is 20.1. The van der Waals surface area contributed by atoms with E-state index in [0.29, 0.717) is 29.4 Å². The number of amides is 1. The number of aliphatic hydroxyl groups is 1. The maximum Gasteiger partial charge on any atom is 0.260 e. The van der Waals surface area contributed by atoms with Crippen molar-refractivity contribution >= 4 is 16.8 Å². The van der Waals surface area contributed by atoms with Crippen molar-refractivity contribution in [2.24, 2.45) is 0 Å². The molecule has 1 aliphatic carbocycles. The molecular formula is C24H23N5O3. The lowest BCUT2D eigenvalue weighted by molar-refractivity contribution is 0.0874. The van der Waals surface area contributed by atoms with Crippen LogP contribution in [0.4, 0.5) is 0 Å². The number of rotatable bonds is 5. The van der Waals surface area contributed by atoms with Crippen LogP contribution in [0.15, 0.2) is 72.0 Å². The summed E-state index contributed by atoms with van der Waals surface area (Å²) in [7, 11) is 0. The topological polar surface area (TPSA) is 102 Å². The summed E-state index contributed by atoms with van der Waals surface area (Å²) >= 11 is 0. The van der Waals surface area contributed by atoms with E-state index in [0.717, 1.165) is 24.1 Å². The van der Waals surface area contributed by atoms with E-state index in [1.165, 1.54) is 4.57 Å². The van der Waals surface area contributed by atoms with E-state index in [-0.39, 0.29) is 17.5 Å². The molecule has 0 unspecified atom stereocenters. The van der Waals surface area contributed by atoms with Crippen LogP contribution in [0.5, 0.6) is 0 Å². The molecule has 8 heteroatoms. The highest BCUT2D eigenvalue weighted by atomic mass is 16.3. The van der Waals surface area contributed by atoms with Crippen LogP contribution in [0.2, 0.25) is 0 Å². The maximum absolute atomic E-state index is 13.1. The number of aromatic nitrogens is 4. The highest BCUT2D eigenvalue weighted by Gasteiger charge is 2.28. The lowest BCUT2D eigenvalue weighted by Crippen LogP contribution is -2.40. The fourth-order valence-electron chi connectivity index (χ4n) is 4.23. The smallest absolute Gasteiger partial charge is 0.260 e. The number of fused-ring (bicyclic) bond motifs is 1. The largest absolute Gasteiger partial charge is 0.391 e. The summed E-state index contributed by atoms with van der Waals surface area (Å²) in [5, 5.41) is 17.6. The van der Waals surface area contributed by atoms with Crippen LogP contribution in [0, 0.1) is 0 Å². The number of benzene rings is 1. The lowest BCUT2D eigenvalue weighted by atomic mass is 10.1. The molecule has 3 heterocycles. The molecule has 0 spiro atoms. The minimum atomic E-state index is -0.544. The molecule has 2 atom stereocenters. The third kappa shape index (κ3) is 3.80. The van der Waals surface area contributed by atoms with Gasteiger partial charge in [-0.2, -0.15) is 5.10 Å². The van der Waals surface area contributed by atoms with Crippen molar-refractivity contribution in [1.82, 2.24) is 24.6 Å². The van der Waals surface area contributed by atoms with Crippen LogP contribution in [0.3, 0.4) is 0 Å². The van der Waals surface area contributed by atoms with Gasteiger partial charge in [0.15, 0.2) is 0 Å². The molecule has 0 aliphatic heterocycles. The van der Waals surface area contributed by atoms with Crippen LogP contribution in [-0.4, -0.2) is 42.5 Å². The first-order valence-corrected chi connectivity index (χ1v) is 10.7. The van der Waals surface area contributed by atoms with Crippen molar-refractivity contribution in [3.63, 3.8) is 0 Å². The van der Waals surface area contributed by atoms with Gasteiger partial charge in [0, 0.05) is 24.8 Å². The Morgan fingerprint density at radius 1 is 1.12 bits per heavy atom. The van der Waals surface area contributed by atoms with Crippen molar-refractivity contribution < 1.29 is 9.90 Å². The number of pyridine rings is 2. The van der Waals surface area contributed by atoms with Crippen molar-refractivity contribution in [3.8, 4) is 5.69 Å². The van der Waals surface area contributed by atoms with Crippen LogP contribution in [-0.2, 0) is 6.54 Å².